The van der Waals surface area contributed by atoms with Crippen molar-refractivity contribution in [2.75, 3.05) is 18.0 Å². The van der Waals surface area contributed by atoms with Crippen LogP contribution in [0.2, 0.25) is 0 Å². The van der Waals surface area contributed by atoms with Gasteiger partial charge in [-0.3, -0.25) is 0 Å². The Hall–Kier alpha value is -1.54. The summed E-state index contributed by atoms with van der Waals surface area (Å²) < 4.78 is 0. The third-order valence-corrected chi connectivity index (χ3v) is 4.32. The van der Waals surface area contributed by atoms with E-state index in [2.05, 4.69) is 75.1 Å². The van der Waals surface area contributed by atoms with Crippen molar-refractivity contribution < 1.29 is 0 Å². The van der Waals surface area contributed by atoms with Crippen LogP contribution >= 0.6 is 0 Å². The van der Waals surface area contributed by atoms with E-state index < -0.39 is 0 Å². The number of nitrogens with two attached hydrogens (primary N) is 1. The van der Waals surface area contributed by atoms with Crippen molar-refractivity contribution in [3.8, 4) is 0 Å². The molecule has 2 aromatic rings. The maximum Gasteiger partial charge on any atom is 0.0445 e. The van der Waals surface area contributed by atoms with Crippen LogP contribution in [0.5, 0.6) is 0 Å². The summed E-state index contributed by atoms with van der Waals surface area (Å²) in [5.74, 6) is 0. The van der Waals surface area contributed by atoms with Crippen LogP contribution in [0, 0.1) is 5.41 Å². The van der Waals surface area contributed by atoms with E-state index in [9.17, 15) is 0 Å². The molecule has 2 rings (SSSR count). The first-order valence-electron chi connectivity index (χ1n) is 7.44. The van der Waals surface area contributed by atoms with Crippen molar-refractivity contribution in [2.45, 2.75) is 33.7 Å². The minimum absolute atomic E-state index is 0.0902. The first-order chi connectivity index (χ1) is 9.45. The van der Waals surface area contributed by atoms with Crippen LogP contribution in [0.25, 0.3) is 10.8 Å². The summed E-state index contributed by atoms with van der Waals surface area (Å²) in [6.07, 6.45) is 0. The first kappa shape index (κ1) is 14.9. The maximum atomic E-state index is 6.14. The van der Waals surface area contributed by atoms with Crippen molar-refractivity contribution in [3.63, 3.8) is 0 Å². The molecule has 2 nitrogen and oxygen atoms in total. The van der Waals surface area contributed by atoms with E-state index in [1.54, 1.807) is 0 Å². The summed E-state index contributed by atoms with van der Waals surface area (Å²) >= 11 is 0. The number of anilines is 1. The van der Waals surface area contributed by atoms with Crippen LogP contribution in [-0.2, 0) is 0 Å². The Labute approximate surface area is 122 Å². The van der Waals surface area contributed by atoms with Gasteiger partial charge in [0, 0.05) is 30.2 Å². The molecule has 2 aromatic carbocycles. The molecule has 0 saturated carbocycles. The van der Waals surface area contributed by atoms with E-state index in [-0.39, 0.29) is 11.5 Å². The minimum Gasteiger partial charge on any atom is -0.371 e. The molecule has 0 aliphatic rings. The molecule has 0 amide bonds. The number of benzene rings is 2. The number of nitrogens with zero attached hydrogens (tertiary/aromatic N) is 1. The summed E-state index contributed by atoms with van der Waals surface area (Å²) in [5, 5.41) is 2.61. The van der Waals surface area contributed by atoms with Gasteiger partial charge in [-0.05, 0) is 30.7 Å². The van der Waals surface area contributed by atoms with Gasteiger partial charge >= 0.3 is 0 Å². The molecular formula is C18H26N2. The van der Waals surface area contributed by atoms with Gasteiger partial charge < -0.3 is 10.6 Å². The summed E-state index contributed by atoms with van der Waals surface area (Å²) in [5.41, 5.74) is 7.53. The summed E-state index contributed by atoms with van der Waals surface area (Å²) in [6, 6.07) is 15.3. The lowest BCUT2D eigenvalue weighted by molar-refractivity contribution is 0.305. The van der Waals surface area contributed by atoms with Crippen LogP contribution in [0.4, 0.5) is 5.69 Å². The van der Waals surface area contributed by atoms with Crippen molar-refractivity contribution in [1.82, 2.24) is 0 Å². The van der Waals surface area contributed by atoms with Crippen LogP contribution in [0.1, 0.15) is 27.7 Å². The Balaban J connectivity index is 2.40. The smallest absolute Gasteiger partial charge is 0.0445 e. The van der Waals surface area contributed by atoms with Gasteiger partial charge in [0.05, 0.1) is 0 Å². The van der Waals surface area contributed by atoms with Gasteiger partial charge in [0.2, 0.25) is 0 Å². The molecular weight excluding hydrogens is 244 g/mol. The molecule has 1 atom stereocenters. The molecule has 20 heavy (non-hydrogen) atoms. The van der Waals surface area contributed by atoms with Gasteiger partial charge in [0.25, 0.3) is 0 Å². The lowest BCUT2D eigenvalue weighted by Crippen LogP contribution is -2.44. The lowest BCUT2D eigenvalue weighted by atomic mass is 9.85. The van der Waals surface area contributed by atoms with E-state index in [4.69, 9.17) is 5.73 Å². The topological polar surface area (TPSA) is 29.3 Å². The first-order valence-corrected chi connectivity index (χ1v) is 7.44. The highest BCUT2D eigenvalue weighted by atomic mass is 15.1. The van der Waals surface area contributed by atoms with Crippen molar-refractivity contribution in [1.29, 1.82) is 0 Å². The summed E-state index contributed by atoms with van der Waals surface area (Å²) in [4.78, 5) is 2.44. The fraction of sp³-hybridized carbons (Fsp3) is 0.444. The van der Waals surface area contributed by atoms with Gasteiger partial charge in [0.15, 0.2) is 0 Å². The third kappa shape index (κ3) is 2.96. The normalized spacial score (nSPS) is 13.4. The standard InChI is InChI=1S/C18H26N2/c1-5-20(13-18(3,4)14(2)19)17-12-8-10-15-9-6-7-11-16(15)17/h6-12,14H,5,13,19H2,1-4H3. The average molecular weight is 270 g/mol. The largest absolute Gasteiger partial charge is 0.371 e. The van der Waals surface area contributed by atoms with Crippen molar-refractivity contribution in [3.05, 3.63) is 42.5 Å². The molecule has 108 valence electrons. The highest BCUT2D eigenvalue weighted by Gasteiger charge is 2.26. The fourth-order valence-corrected chi connectivity index (χ4v) is 2.49. The van der Waals surface area contributed by atoms with E-state index in [0.717, 1.165) is 13.1 Å². The molecule has 0 heterocycles. The molecule has 2 heteroatoms. The van der Waals surface area contributed by atoms with Crippen LogP contribution in [0.15, 0.2) is 42.5 Å². The van der Waals surface area contributed by atoms with Gasteiger partial charge in [-0.1, -0.05) is 50.2 Å². The van der Waals surface area contributed by atoms with E-state index in [1.165, 1.54) is 16.5 Å². The number of hydrogen-bond donors (Lipinski definition) is 1. The van der Waals surface area contributed by atoms with Crippen LogP contribution < -0.4 is 10.6 Å². The molecule has 0 radical (unpaired) electrons. The monoisotopic (exact) mass is 270 g/mol. The van der Waals surface area contributed by atoms with E-state index >= 15 is 0 Å². The molecule has 0 aliphatic heterocycles. The van der Waals surface area contributed by atoms with Crippen molar-refractivity contribution >= 4 is 16.5 Å². The Morgan fingerprint density at radius 3 is 2.40 bits per heavy atom. The van der Waals surface area contributed by atoms with Crippen LogP contribution in [0.3, 0.4) is 0 Å². The summed E-state index contributed by atoms with van der Waals surface area (Å²) in [6.45, 7) is 10.7. The Morgan fingerprint density at radius 1 is 1.10 bits per heavy atom. The summed E-state index contributed by atoms with van der Waals surface area (Å²) in [7, 11) is 0. The SMILES string of the molecule is CCN(CC(C)(C)C(C)N)c1cccc2ccccc12. The third-order valence-electron chi connectivity index (χ3n) is 4.32. The van der Waals surface area contributed by atoms with Gasteiger partial charge in [-0.25, -0.2) is 0 Å². The average Bonchev–Trinajstić information content (AvgIpc) is 2.44. The second-order valence-electron chi connectivity index (χ2n) is 6.29. The zero-order valence-electron chi connectivity index (χ0n) is 13.1. The Morgan fingerprint density at radius 2 is 1.75 bits per heavy atom. The zero-order chi connectivity index (χ0) is 14.8. The molecule has 0 bridgehead atoms. The lowest BCUT2D eigenvalue weighted by Gasteiger charge is -2.36. The van der Waals surface area contributed by atoms with Gasteiger partial charge in [0.1, 0.15) is 0 Å². The second kappa shape index (κ2) is 5.84. The highest BCUT2D eigenvalue weighted by molar-refractivity contribution is 5.94. The highest BCUT2D eigenvalue weighted by Crippen LogP contribution is 2.30. The number of fused-ring (bicyclic) bond motifs is 1. The molecule has 0 aliphatic carbocycles. The number of rotatable bonds is 5. The second-order valence-corrected chi connectivity index (χ2v) is 6.29. The van der Waals surface area contributed by atoms with Crippen molar-refractivity contribution in [2.24, 2.45) is 11.1 Å². The van der Waals surface area contributed by atoms with E-state index in [0.29, 0.717) is 0 Å². The molecule has 1 unspecified atom stereocenters. The predicted molar refractivity (Wildman–Crippen MR) is 89.3 cm³/mol. The van der Waals surface area contributed by atoms with Crippen LogP contribution in [-0.4, -0.2) is 19.1 Å². The molecule has 0 spiro atoms. The fourth-order valence-electron chi connectivity index (χ4n) is 2.49. The maximum absolute atomic E-state index is 6.14. The zero-order valence-corrected chi connectivity index (χ0v) is 13.1. The Kier molecular flexibility index (Phi) is 4.34. The van der Waals surface area contributed by atoms with Gasteiger partial charge in [-0.2, -0.15) is 0 Å². The minimum atomic E-state index is 0.0902. The molecule has 0 fully saturated rings. The molecule has 0 saturated heterocycles. The van der Waals surface area contributed by atoms with E-state index in [1.807, 2.05) is 0 Å². The predicted octanol–water partition coefficient (Wildman–Crippen LogP) is 4.04. The van der Waals surface area contributed by atoms with Gasteiger partial charge in [-0.15, -0.1) is 0 Å². The molecule has 0 aromatic heterocycles. The quantitative estimate of drug-likeness (QED) is 0.888. The number of hydrogen-bond acceptors (Lipinski definition) is 2. The Bertz CT molecular complexity index is 567. The molecule has 2 N–H and O–H groups in total.